The molecule has 1 fully saturated rings. The number of imidazole rings is 1. The van der Waals surface area contributed by atoms with Crippen LogP contribution in [0.1, 0.15) is 42.5 Å². The van der Waals surface area contributed by atoms with Gasteiger partial charge in [-0.2, -0.15) is 11.8 Å². The number of hydrogen-bond acceptors (Lipinski definition) is 3. The van der Waals surface area contributed by atoms with Gasteiger partial charge in [-0.3, -0.25) is 0 Å². The summed E-state index contributed by atoms with van der Waals surface area (Å²) in [5.41, 5.74) is 2.09. The second kappa shape index (κ2) is 5.72. The van der Waals surface area contributed by atoms with E-state index in [2.05, 4.69) is 15.8 Å². The molecule has 0 amide bonds. The second-order valence-corrected chi connectivity index (χ2v) is 7.10. The van der Waals surface area contributed by atoms with Gasteiger partial charge in [0.1, 0.15) is 0 Å². The molecule has 3 rings (SSSR count). The van der Waals surface area contributed by atoms with Crippen LogP contribution in [0, 0.1) is 0 Å². The third-order valence-corrected chi connectivity index (χ3v) is 5.93. The minimum atomic E-state index is -0.903. The van der Waals surface area contributed by atoms with Crippen LogP contribution in [0.5, 0.6) is 0 Å². The number of thioether (sulfide) groups is 1. The molecule has 21 heavy (non-hydrogen) atoms. The van der Waals surface area contributed by atoms with E-state index in [1.165, 1.54) is 32.1 Å². The highest BCUT2D eigenvalue weighted by atomic mass is 32.2. The van der Waals surface area contributed by atoms with Gasteiger partial charge in [-0.05, 0) is 37.3 Å². The molecule has 1 aliphatic carbocycles. The van der Waals surface area contributed by atoms with Gasteiger partial charge < -0.3 is 9.67 Å². The first-order chi connectivity index (χ1) is 10.1. The Kier molecular flexibility index (Phi) is 3.93. The van der Waals surface area contributed by atoms with Crippen molar-refractivity contribution in [2.75, 3.05) is 6.26 Å². The van der Waals surface area contributed by atoms with Crippen LogP contribution in [0.25, 0.3) is 11.0 Å². The van der Waals surface area contributed by atoms with Crippen LogP contribution in [-0.2, 0) is 6.54 Å². The minimum absolute atomic E-state index is 0.296. The maximum Gasteiger partial charge on any atom is 0.335 e. The molecule has 0 spiro atoms. The fourth-order valence-corrected chi connectivity index (χ4v) is 4.22. The molecule has 1 saturated carbocycles. The Morgan fingerprint density at radius 1 is 1.38 bits per heavy atom. The van der Waals surface area contributed by atoms with E-state index in [4.69, 9.17) is 5.11 Å². The largest absolute Gasteiger partial charge is 0.478 e. The first kappa shape index (κ1) is 14.4. The fourth-order valence-electron chi connectivity index (χ4n) is 3.26. The molecule has 0 saturated heterocycles. The molecule has 0 atom stereocenters. The van der Waals surface area contributed by atoms with E-state index in [0.717, 1.165) is 17.6 Å². The number of aromatic carboxylic acids is 1. The van der Waals surface area contributed by atoms with Gasteiger partial charge in [0.05, 0.1) is 22.9 Å². The van der Waals surface area contributed by atoms with Crippen molar-refractivity contribution in [2.24, 2.45) is 0 Å². The zero-order chi connectivity index (χ0) is 14.9. The van der Waals surface area contributed by atoms with Gasteiger partial charge in [0.25, 0.3) is 0 Å². The predicted molar refractivity (Wildman–Crippen MR) is 86.0 cm³/mol. The van der Waals surface area contributed by atoms with Gasteiger partial charge in [0.15, 0.2) is 0 Å². The van der Waals surface area contributed by atoms with E-state index in [1.807, 2.05) is 24.2 Å². The Morgan fingerprint density at radius 3 is 2.81 bits per heavy atom. The Bertz CT molecular complexity index is 659. The molecule has 1 aliphatic rings. The van der Waals surface area contributed by atoms with E-state index < -0.39 is 5.97 Å². The molecule has 0 unspecified atom stereocenters. The first-order valence-corrected chi connectivity index (χ1v) is 8.59. The number of fused-ring (bicyclic) bond motifs is 1. The number of carboxylic acids is 1. The molecule has 1 heterocycles. The van der Waals surface area contributed by atoms with Gasteiger partial charge in [0, 0.05) is 11.3 Å². The standard InChI is InChI=1S/C16H20N2O2S/c1-21-16(7-3-2-4-8-16)10-18-11-17-13-9-12(15(19)20)5-6-14(13)18/h5-6,9,11H,2-4,7-8,10H2,1H3,(H,19,20). The Labute approximate surface area is 128 Å². The summed E-state index contributed by atoms with van der Waals surface area (Å²) in [6, 6.07) is 5.19. The van der Waals surface area contributed by atoms with Crippen molar-refractivity contribution < 1.29 is 9.90 Å². The van der Waals surface area contributed by atoms with Crippen LogP contribution < -0.4 is 0 Å². The quantitative estimate of drug-likeness (QED) is 0.933. The van der Waals surface area contributed by atoms with Crippen LogP contribution in [0.4, 0.5) is 0 Å². The highest BCUT2D eigenvalue weighted by molar-refractivity contribution is 8.00. The molecular weight excluding hydrogens is 284 g/mol. The maximum atomic E-state index is 11.0. The van der Waals surface area contributed by atoms with Gasteiger partial charge in [0.2, 0.25) is 0 Å². The number of carbonyl (C=O) groups is 1. The van der Waals surface area contributed by atoms with Gasteiger partial charge in [-0.15, -0.1) is 0 Å². The van der Waals surface area contributed by atoms with Crippen molar-refractivity contribution in [1.29, 1.82) is 0 Å². The molecule has 5 heteroatoms. The lowest BCUT2D eigenvalue weighted by Gasteiger charge is -2.36. The summed E-state index contributed by atoms with van der Waals surface area (Å²) in [7, 11) is 0. The summed E-state index contributed by atoms with van der Waals surface area (Å²) in [5.74, 6) is -0.903. The first-order valence-electron chi connectivity index (χ1n) is 7.37. The van der Waals surface area contributed by atoms with E-state index >= 15 is 0 Å². The lowest BCUT2D eigenvalue weighted by molar-refractivity contribution is 0.0697. The van der Waals surface area contributed by atoms with Crippen molar-refractivity contribution in [3.8, 4) is 0 Å². The predicted octanol–water partition coefficient (Wildman–Crippen LogP) is 3.80. The minimum Gasteiger partial charge on any atom is -0.478 e. The summed E-state index contributed by atoms with van der Waals surface area (Å²) in [4.78, 5) is 15.4. The third-order valence-electron chi connectivity index (χ3n) is 4.52. The van der Waals surface area contributed by atoms with Crippen molar-refractivity contribution >= 4 is 28.8 Å². The highest BCUT2D eigenvalue weighted by Crippen LogP contribution is 2.40. The third kappa shape index (κ3) is 2.79. The highest BCUT2D eigenvalue weighted by Gasteiger charge is 2.31. The number of hydrogen-bond donors (Lipinski definition) is 1. The molecule has 4 nitrogen and oxygen atoms in total. The maximum absolute atomic E-state index is 11.0. The van der Waals surface area contributed by atoms with Gasteiger partial charge in [-0.1, -0.05) is 19.3 Å². The SMILES string of the molecule is CSC1(Cn2cnc3cc(C(=O)O)ccc32)CCCCC1. The molecule has 1 aromatic heterocycles. The number of aromatic nitrogens is 2. The normalized spacial score (nSPS) is 18.0. The van der Waals surface area contributed by atoms with Crippen LogP contribution in [0.2, 0.25) is 0 Å². The molecule has 0 aliphatic heterocycles. The fraction of sp³-hybridized carbons (Fsp3) is 0.500. The summed E-state index contributed by atoms with van der Waals surface area (Å²) >= 11 is 1.97. The van der Waals surface area contributed by atoms with E-state index in [-0.39, 0.29) is 0 Å². The van der Waals surface area contributed by atoms with Crippen LogP contribution in [0.15, 0.2) is 24.5 Å². The van der Waals surface area contributed by atoms with Crippen molar-refractivity contribution in [3.05, 3.63) is 30.1 Å². The van der Waals surface area contributed by atoms with Gasteiger partial charge in [-0.25, -0.2) is 9.78 Å². The molecule has 1 N–H and O–H groups in total. The van der Waals surface area contributed by atoms with Gasteiger partial charge >= 0.3 is 5.97 Å². The van der Waals surface area contributed by atoms with Crippen LogP contribution in [0.3, 0.4) is 0 Å². The lowest BCUT2D eigenvalue weighted by Crippen LogP contribution is -2.32. The summed E-state index contributed by atoms with van der Waals surface area (Å²) < 4.78 is 2.49. The number of nitrogens with zero attached hydrogens (tertiary/aromatic N) is 2. The Hall–Kier alpha value is -1.49. The molecule has 0 radical (unpaired) electrons. The number of benzene rings is 1. The molecule has 1 aromatic carbocycles. The molecule has 2 aromatic rings. The van der Waals surface area contributed by atoms with Crippen LogP contribution >= 0.6 is 11.8 Å². The lowest BCUT2D eigenvalue weighted by atomic mass is 9.88. The summed E-state index contributed by atoms with van der Waals surface area (Å²) in [6.07, 6.45) is 10.5. The molecule has 112 valence electrons. The number of rotatable bonds is 4. The smallest absolute Gasteiger partial charge is 0.335 e. The summed E-state index contributed by atoms with van der Waals surface area (Å²) in [5, 5.41) is 9.05. The van der Waals surface area contributed by atoms with Crippen molar-refractivity contribution in [1.82, 2.24) is 9.55 Å². The van der Waals surface area contributed by atoms with Crippen molar-refractivity contribution in [3.63, 3.8) is 0 Å². The Morgan fingerprint density at radius 2 is 2.14 bits per heavy atom. The number of carboxylic acid groups (broad SMARTS) is 1. The van der Waals surface area contributed by atoms with E-state index in [1.54, 1.807) is 12.1 Å². The van der Waals surface area contributed by atoms with Crippen LogP contribution in [-0.4, -0.2) is 31.6 Å². The topological polar surface area (TPSA) is 55.1 Å². The molecule has 0 bridgehead atoms. The molecular formula is C16H20N2O2S. The average Bonchev–Trinajstić information content (AvgIpc) is 2.90. The van der Waals surface area contributed by atoms with E-state index in [9.17, 15) is 4.79 Å². The zero-order valence-electron chi connectivity index (χ0n) is 12.2. The average molecular weight is 304 g/mol. The van der Waals surface area contributed by atoms with Crippen molar-refractivity contribution in [2.45, 2.75) is 43.4 Å². The zero-order valence-corrected chi connectivity index (χ0v) is 13.0. The monoisotopic (exact) mass is 304 g/mol. The summed E-state index contributed by atoms with van der Waals surface area (Å²) in [6.45, 7) is 0.955. The Balaban J connectivity index is 1.92. The second-order valence-electron chi connectivity index (χ2n) is 5.83. The van der Waals surface area contributed by atoms with E-state index in [0.29, 0.717) is 10.3 Å².